The maximum atomic E-state index is 13.5. The molecular weight excluding hydrogens is 442 g/mol. The predicted molar refractivity (Wildman–Crippen MR) is 148 cm³/mol. The maximum Gasteiger partial charge on any atom is 0.410 e. The van der Waals surface area contributed by atoms with Crippen molar-refractivity contribution in [1.82, 2.24) is 4.90 Å². The first-order valence-electron chi connectivity index (χ1n) is 13.4. The second-order valence-electron chi connectivity index (χ2n) is 10.1. The maximum absolute atomic E-state index is 13.5. The molecule has 36 heavy (non-hydrogen) atoms. The molecule has 188 valence electrons. The van der Waals surface area contributed by atoms with E-state index in [1.165, 1.54) is 42.4 Å². The molecule has 0 aromatic heterocycles. The molecule has 3 heteroatoms. The van der Waals surface area contributed by atoms with Gasteiger partial charge in [0.25, 0.3) is 0 Å². The van der Waals surface area contributed by atoms with Crippen LogP contribution >= 0.6 is 0 Å². The summed E-state index contributed by atoms with van der Waals surface area (Å²) in [6.07, 6.45) is 8.97. The van der Waals surface area contributed by atoms with Crippen molar-refractivity contribution in [3.63, 3.8) is 0 Å². The highest BCUT2D eigenvalue weighted by Crippen LogP contribution is 2.44. The number of carbonyl (C=O) groups is 1. The molecule has 3 nitrogen and oxygen atoms in total. The number of unbranched alkanes of at least 4 members (excludes halogenated alkanes) is 3. The first-order valence-corrected chi connectivity index (χ1v) is 13.4. The van der Waals surface area contributed by atoms with Gasteiger partial charge in [0.2, 0.25) is 0 Å². The molecule has 1 atom stereocenters. The van der Waals surface area contributed by atoms with Crippen LogP contribution in [0.15, 0.2) is 103 Å². The number of nitrogens with zero attached hydrogens (tertiary/aromatic N) is 1. The van der Waals surface area contributed by atoms with Crippen LogP contribution in [0.25, 0.3) is 0 Å². The topological polar surface area (TPSA) is 29.5 Å². The summed E-state index contributed by atoms with van der Waals surface area (Å²) in [5.74, 6) is 0. The van der Waals surface area contributed by atoms with Crippen LogP contribution in [0.2, 0.25) is 0 Å². The van der Waals surface area contributed by atoms with E-state index in [4.69, 9.17) is 4.74 Å². The van der Waals surface area contributed by atoms with Gasteiger partial charge in [0.15, 0.2) is 0 Å². The van der Waals surface area contributed by atoms with Crippen LogP contribution in [-0.2, 0) is 16.8 Å². The average molecular weight is 482 g/mol. The van der Waals surface area contributed by atoms with Gasteiger partial charge in [0.1, 0.15) is 6.61 Å². The third-order valence-corrected chi connectivity index (χ3v) is 7.39. The number of benzene rings is 3. The normalized spacial score (nSPS) is 17.2. The summed E-state index contributed by atoms with van der Waals surface area (Å²) in [7, 11) is 0. The van der Waals surface area contributed by atoms with Crippen molar-refractivity contribution >= 4 is 6.09 Å². The van der Waals surface area contributed by atoms with E-state index in [0.29, 0.717) is 6.54 Å². The molecule has 0 spiro atoms. The van der Waals surface area contributed by atoms with Crippen LogP contribution in [0.1, 0.15) is 69.1 Å². The first kappa shape index (κ1) is 25.8. The summed E-state index contributed by atoms with van der Waals surface area (Å²) in [5, 5.41) is 0. The number of ether oxygens (including phenoxy) is 1. The molecule has 0 saturated carbocycles. The number of amides is 1. The molecule has 0 aliphatic carbocycles. The molecule has 4 rings (SSSR count). The van der Waals surface area contributed by atoms with Gasteiger partial charge in [-0.05, 0) is 42.9 Å². The zero-order valence-corrected chi connectivity index (χ0v) is 21.7. The lowest BCUT2D eigenvalue weighted by molar-refractivity contribution is 0.0962. The van der Waals surface area contributed by atoms with Gasteiger partial charge in [-0.1, -0.05) is 129 Å². The van der Waals surface area contributed by atoms with Crippen LogP contribution in [-0.4, -0.2) is 23.6 Å². The van der Waals surface area contributed by atoms with Crippen LogP contribution in [0.5, 0.6) is 0 Å². The number of carbonyl (C=O) groups excluding carboxylic acids is 1. The smallest absolute Gasteiger partial charge is 0.410 e. The summed E-state index contributed by atoms with van der Waals surface area (Å²) in [6, 6.07) is 31.2. The number of rotatable bonds is 10. The Kier molecular flexibility index (Phi) is 9.00. The molecule has 3 aromatic carbocycles. The summed E-state index contributed by atoms with van der Waals surface area (Å²) < 4.78 is 5.86. The van der Waals surface area contributed by atoms with Gasteiger partial charge in [-0.3, -0.25) is 0 Å². The van der Waals surface area contributed by atoms with Gasteiger partial charge in [0.05, 0.1) is 6.04 Å². The summed E-state index contributed by atoms with van der Waals surface area (Å²) >= 11 is 0. The fourth-order valence-electron chi connectivity index (χ4n) is 5.43. The van der Waals surface area contributed by atoms with Crippen LogP contribution < -0.4 is 0 Å². The zero-order valence-electron chi connectivity index (χ0n) is 21.7. The van der Waals surface area contributed by atoms with E-state index in [-0.39, 0.29) is 24.2 Å². The van der Waals surface area contributed by atoms with Crippen molar-refractivity contribution in [2.75, 3.05) is 6.54 Å². The molecule has 1 unspecified atom stereocenters. The van der Waals surface area contributed by atoms with E-state index in [1.807, 2.05) is 35.2 Å². The number of likely N-dealkylation sites (tertiary alicyclic amines) is 1. The average Bonchev–Trinajstić information content (AvgIpc) is 3.32. The van der Waals surface area contributed by atoms with Crippen molar-refractivity contribution in [2.24, 2.45) is 0 Å². The Labute approximate surface area is 216 Å². The van der Waals surface area contributed by atoms with Gasteiger partial charge in [-0.25, -0.2) is 4.79 Å². The standard InChI is InChI=1S/C33H39NO2/c1-3-4-5-9-16-27(2)23-31-24-33(29-19-12-7-13-20-29,30-21-14-8-15-22-30)26-34(31)32(35)36-25-28-17-10-6-11-18-28/h6-8,10-15,17-23,31H,3-5,9,16,24-26H2,1-2H3/b27-23-. The molecule has 1 aliphatic rings. The monoisotopic (exact) mass is 481 g/mol. The zero-order chi connectivity index (χ0) is 25.2. The highest BCUT2D eigenvalue weighted by Gasteiger charge is 2.48. The Morgan fingerprint density at radius 1 is 0.889 bits per heavy atom. The van der Waals surface area contributed by atoms with E-state index in [0.717, 1.165) is 18.4 Å². The van der Waals surface area contributed by atoms with Gasteiger partial charge < -0.3 is 9.64 Å². The lowest BCUT2D eigenvalue weighted by Crippen LogP contribution is -2.37. The van der Waals surface area contributed by atoms with E-state index >= 15 is 0 Å². The molecule has 0 bridgehead atoms. The summed E-state index contributed by atoms with van der Waals surface area (Å²) in [5.41, 5.74) is 4.57. The van der Waals surface area contributed by atoms with Gasteiger partial charge in [-0.15, -0.1) is 0 Å². The molecule has 1 amide bonds. The Hall–Kier alpha value is -3.33. The fraction of sp³-hybridized carbons (Fsp3) is 0.364. The largest absolute Gasteiger partial charge is 0.445 e. The molecule has 1 saturated heterocycles. The Morgan fingerprint density at radius 2 is 1.47 bits per heavy atom. The predicted octanol–water partition coefficient (Wildman–Crippen LogP) is 8.30. The van der Waals surface area contributed by atoms with Crippen molar-refractivity contribution < 1.29 is 9.53 Å². The SMILES string of the molecule is CCCCCC/C(C)=C\C1CC(c2ccccc2)(c2ccccc2)CN1C(=O)OCc1ccccc1. The van der Waals surface area contributed by atoms with Crippen molar-refractivity contribution in [3.8, 4) is 0 Å². The van der Waals surface area contributed by atoms with E-state index in [1.54, 1.807) is 0 Å². The van der Waals surface area contributed by atoms with Crippen molar-refractivity contribution in [2.45, 2.75) is 70.4 Å². The molecule has 0 N–H and O–H groups in total. The molecular formula is C33H39NO2. The summed E-state index contributed by atoms with van der Waals surface area (Å²) in [4.78, 5) is 15.5. The third-order valence-electron chi connectivity index (χ3n) is 7.39. The van der Waals surface area contributed by atoms with Crippen LogP contribution in [0.3, 0.4) is 0 Å². The molecule has 3 aromatic rings. The Balaban J connectivity index is 1.63. The number of allylic oxidation sites excluding steroid dienone is 1. The minimum atomic E-state index is -0.280. The number of hydrogen-bond acceptors (Lipinski definition) is 2. The molecule has 0 radical (unpaired) electrons. The fourth-order valence-corrected chi connectivity index (χ4v) is 5.43. The Morgan fingerprint density at radius 3 is 2.06 bits per heavy atom. The highest BCUT2D eigenvalue weighted by atomic mass is 16.6. The van der Waals surface area contributed by atoms with Crippen molar-refractivity contribution in [3.05, 3.63) is 119 Å². The van der Waals surface area contributed by atoms with Crippen LogP contribution in [0, 0.1) is 0 Å². The van der Waals surface area contributed by atoms with Gasteiger partial charge in [-0.2, -0.15) is 0 Å². The number of hydrogen-bond donors (Lipinski definition) is 0. The Bertz CT molecular complexity index is 1070. The third kappa shape index (κ3) is 6.26. The van der Waals surface area contributed by atoms with E-state index < -0.39 is 0 Å². The highest BCUT2D eigenvalue weighted by molar-refractivity contribution is 5.70. The minimum Gasteiger partial charge on any atom is -0.445 e. The second-order valence-corrected chi connectivity index (χ2v) is 10.1. The molecule has 1 aliphatic heterocycles. The summed E-state index contributed by atoms with van der Waals surface area (Å²) in [6.45, 7) is 5.34. The minimum absolute atomic E-state index is 0.0140. The van der Waals surface area contributed by atoms with E-state index in [9.17, 15) is 4.79 Å². The lowest BCUT2D eigenvalue weighted by Gasteiger charge is -2.30. The van der Waals surface area contributed by atoms with Crippen LogP contribution in [0.4, 0.5) is 4.79 Å². The van der Waals surface area contributed by atoms with Gasteiger partial charge in [0, 0.05) is 12.0 Å². The van der Waals surface area contributed by atoms with Crippen molar-refractivity contribution in [1.29, 1.82) is 0 Å². The lowest BCUT2D eigenvalue weighted by atomic mass is 9.73. The quantitative estimate of drug-likeness (QED) is 0.215. The van der Waals surface area contributed by atoms with E-state index in [2.05, 4.69) is 80.6 Å². The first-order chi connectivity index (χ1) is 17.6. The molecule has 1 fully saturated rings. The van der Waals surface area contributed by atoms with Gasteiger partial charge >= 0.3 is 6.09 Å². The second kappa shape index (κ2) is 12.6. The molecule has 1 heterocycles.